The second kappa shape index (κ2) is 6.38. The molecule has 128 valence electrons. The molecule has 3 fully saturated rings. The second-order valence-electron chi connectivity index (χ2n) is 8.01. The molecule has 0 aromatic heterocycles. The van der Waals surface area contributed by atoms with E-state index in [2.05, 4.69) is 14.9 Å². The van der Waals surface area contributed by atoms with Gasteiger partial charge in [0.05, 0.1) is 5.25 Å². The van der Waals surface area contributed by atoms with Crippen LogP contribution in [0.3, 0.4) is 0 Å². The van der Waals surface area contributed by atoms with Crippen LogP contribution >= 0.6 is 0 Å². The van der Waals surface area contributed by atoms with Crippen LogP contribution in [0.15, 0.2) is 0 Å². The van der Waals surface area contributed by atoms with E-state index in [-0.39, 0.29) is 11.3 Å². The van der Waals surface area contributed by atoms with Crippen molar-refractivity contribution in [2.75, 3.05) is 32.7 Å². The SMILES string of the molecule is CC(C)S(=O)(=O)NC1CCC2(CC1)CN(C[C@@H]1CCNC1)C2. The summed E-state index contributed by atoms with van der Waals surface area (Å²) < 4.78 is 26.8. The quantitative estimate of drug-likeness (QED) is 0.795. The van der Waals surface area contributed by atoms with Crippen LogP contribution in [0.25, 0.3) is 0 Å². The highest BCUT2D eigenvalue weighted by Gasteiger charge is 2.45. The van der Waals surface area contributed by atoms with E-state index in [1.807, 2.05) is 0 Å². The predicted molar refractivity (Wildman–Crippen MR) is 89.3 cm³/mol. The molecule has 3 rings (SSSR count). The normalized spacial score (nSPS) is 30.0. The molecule has 1 spiro atoms. The lowest BCUT2D eigenvalue weighted by Gasteiger charge is -2.54. The van der Waals surface area contributed by atoms with Crippen LogP contribution in [-0.4, -0.2) is 57.3 Å². The molecule has 0 aromatic carbocycles. The fraction of sp³-hybridized carbons (Fsp3) is 1.00. The largest absolute Gasteiger partial charge is 0.316 e. The first-order valence-electron chi connectivity index (χ1n) is 8.83. The van der Waals surface area contributed by atoms with Gasteiger partial charge >= 0.3 is 0 Å². The van der Waals surface area contributed by atoms with Gasteiger partial charge in [0.15, 0.2) is 0 Å². The lowest BCUT2D eigenvalue weighted by atomic mass is 9.67. The summed E-state index contributed by atoms with van der Waals surface area (Å²) in [6, 6.07) is 0.158. The Morgan fingerprint density at radius 3 is 2.45 bits per heavy atom. The standard InChI is InChI=1S/C16H31N3O2S/c1-13(2)22(20,21)18-15-3-6-16(7-4-15)11-19(12-16)10-14-5-8-17-9-14/h13-15,17-18H,3-12H2,1-2H3/t14-/m1/s1. The molecule has 0 bridgehead atoms. The van der Waals surface area contributed by atoms with Crippen molar-refractivity contribution in [2.24, 2.45) is 11.3 Å². The molecule has 0 aromatic rings. The Morgan fingerprint density at radius 2 is 1.91 bits per heavy atom. The molecule has 3 aliphatic rings. The van der Waals surface area contributed by atoms with Crippen molar-refractivity contribution in [3.63, 3.8) is 0 Å². The van der Waals surface area contributed by atoms with E-state index in [4.69, 9.17) is 0 Å². The Bertz CT molecular complexity index is 470. The molecule has 22 heavy (non-hydrogen) atoms. The van der Waals surface area contributed by atoms with Crippen LogP contribution < -0.4 is 10.0 Å². The van der Waals surface area contributed by atoms with Gasteiger partial charge in [-0.3, -0.25) is 0 Å². The summed E-state index contributed by atoms with van der Waals surface area (Å²) in [4.78, 5) is 2.61. The minimum absolute atomic E-state index is 0.158. The van der Waals surface area contributed by atoms with Crippen molar-refractivity contribution in [2.45, 2.75) is 57.2 Å². The van der Waals surface area contributed by atoms with Gasteiger partial charge in [-0.25, -0.2) is 13.1 Å². The Kier molecular flexibility index (Phi) is 4.84. The monoisotopic (exact) mass is 329 g/mol. The predicted octanol–water partition coefficient (Wildman–Crippen LogP) is 1.17. The van der Waals surface area contributed by atoms with Gasteiger partial charge in [-0.15, -0.1) is 0 Å². The molecular weight excluding hydrogens is 298 g/mol. The van der Waals surface area contributed by atoms with Gasteiger partial charge in [0.2, 0.25) is 10.0 Å². The van der Waals surface area contributed by atoms with Crippen LogP contribution in [-0.2, 0) is 10.0 Å². The van der Waals surface area contributed by atoms with Gasteiger partial charge in [0, 0.05) is 25.7 Å². The zero-order chi connectivity index (χ0) is 15.8. The molecule has 1 atom stereocenters. The van der Waals surface area contributed by atoms with E-state index in [0.717, 1.165) is 18.8 Å². The molecule has 2 saturated heterocycles. The lowest BCUT2D eigenvalue weighted by Crippen LogP contribution is -2.59. The maximum Gasteiger partial charge on any atom is 0.214 e. The van der Waals surface area contributed by atoms with Gasteiger partial charge in [0.1, 0.15) is 0 Å². The van der Waals surface area contributed by atoms with E-state index < -0.39 is 10.0 Å². The fourth-order valence-corrected chi connectivity index (χ4v) is 5.27. The fourth-order valence-electron chi connectivity index (χ4n) is 4.30. The number of sulfonamides is 1. The zero-order valence-corrected chi connectivity index (χ0v) is 14.8. The van der Waals surface area contributed by atoms with Crippen LogP contribution in [0.2, 0.25) is 0 Å². The van der Waals surface area contributed by atoms with Gasteiger partial charge in [-0.2, -0.15) is 0 Å². The van der Waals surface area contributed by atoms with Gasteiger partial charge in [-0.1, -0.05) is 0 Å². The number of rotatable bonds is 5. The summed E-state index contributed by atoms with van der Waals surface area (Å²) in [7, 11) is -3.12. The average Bonchev–Trinajstić information content (AvgIpc) is 2.92. The first-order chi connectivity index (χ1) is 10.4. The molecule has 1 saturated carbocycles. The van der Waals surface area contributed by atoms with E-state index in [9.17, 15) is 8.42 Å². The molecule has 2 N–H and O–H groups in total. The van der Waals surface area contributed by atoms with E-state index in [1.54, 1.807) is 13.8 Å². The summed E-state index contributed by atoms with van der Waals surface area (Å²) in [6.07, 6.45) is 5.69. The molecule has 6 heteroatoms. The maximum absolute atomic E-state index is 12.0. The van der Waals surface area contributed by atoms with Crippen molar-refractivity contribution in [1.29, 1.82) is 0 Å². The summed E-state index contributed by atoms with van der Waals surface area (Å²) >= 11 is 0. The minimum Gasteiger partial charge on any atom is -0.316 e. The van der Waals surface area contributed by atoms with Crippen LogP contribution in [0.4, 0.5) is 0 Å². The lowest BCUT2D eigenvalue weighted by molar-refractivity contribution is -0.0387. The minimum atomic E-state index is -3.12. The third kappa shape index (κ3) is 3.66. The van der Waals surface area contributed by atoms with Crippen LogP contribution in [0.1, 0.15) is 46.0 Å². The van der Waals surface area contributed by atoms with E-state index in [1.165, 1.54) is 52.0 Å². The van der Waals surface area contributed by atoms with Crippen molar-refractivity contribution >= 4 is 10.0 Å². The van der Waals surface area contributed by atoms with Gasteiger partial charge < -0.3 is 10.2 Å². The average molecular weight is 330 g/mol. The molecular formula is C16H31N3O2S. The first kappa shape index (κ1) is 16.7. The Balaban J connectivity index is 1.41. The van der Waals surface area contributed by atoms with Crippen molar-refractivity contribution in [3.8, 4) is 0 Å². The highest BCUT2D eigenvalue weighted by Crippen LogP contribution is 2.44. The Morgan fingerprint density at radius 1 is 1.23 bits per heavy atom. The molecule has 0 unspecified atom stereocenters. The van der Waals surface area contributed by atoms with Gasteiger partial charge in [-0.05, 0) is 70.4 Å². The molecule has 0 radical (unpaired) electrons. The Labute approximate surface area is 135 Å². The highest BCUT2D eigenvalue weighted by atomic mass is 32.2. The number of likely N-dealkylation sites (tertiary alicyclic amines) is 1. The number of hydrogen-bond acceptors (Lipinski definition) is 4. The second-order valence-corrected chi connectivity index (χ2v) is 10.3. The van der Waals surface area contributed by atoms with Gasteiger partial charge in [0.25, 0.3) is 0 Å². The third-order valence-corrected chi connectivity index (χ3v) is 7.70. The Hall–Kier alpha value is -0.170. The summed E-state index contributed by atoms with van der Waals surface area (Å²) in [5, 5.41) is 3.11. The third-order valence-electron chi connectivity index (χ3n) is 5.79. The highest BCUT2D eigenvalue weighted by molar-refractivity contribution is 7.90. The molecule has 1 aliphatic carbocycles. The smallest absolute Gasteiger partial charge is 0.214 e. The summed E-state index contributed by atoms with van der Waals surface area (Å²) in [6.45, 7) is 9.56. The molecule has 5 nitrogen and oxygen atoms in total. The number of hydrogen-bond donors (Lipinski definition) is 2. The van der Waals surface area contributed by atoms with Crippen LogP contribution in [0, 0.1) is 11.3 Å². The molecule has 2 heterocycles. The maximum atomic E-state index is 12.0. The topological polar surface area (TPSA) is 61.4 Å². The zero-order valence-electron chi connectivity index (χ0n) is 14.0. The van der Waals surface area contributed by atoms with Crippen molar-refractivity contribution in [1.82, 2.24) is 14.9 Å². The summed E-state index contributed by atoms with van der Waals surface area (Å²) in [5.41, 5.74) is 0.492. The van der Waals surface area contributed by atoms with Crippen LogP contribution in [0.5, 0.6) is 0 Å². The first-order valence-corrected chi connectivity index (χ1v) is 10.4. The van der Waals surface area contributed by atoms with Crippen molar-refractivity contribution in [3.05, 3.63) is 0 Å². The van der Waals surface area contributed by atoms with E-state index in [0.29, 0.717) is 5.41 Å². The number of nitrogens with one attached hydrogen (secondary N) is 2. The number of nitrogens with zero attached hydrogens (tertiary/aromatic N) is 1. The molecule has 2 aliphatic heterocycles. The van der Waals surface area contributed by atoms with E-state index >= 15 is 0 Å². The molecule has 0 amide bonds. The summed E-state index contributed by atoms with van der Waals surface area (Å²) in [5.74, 6) is 0.839. The van der Waals surface area contributed by atoms with Crippen molar-refractivity contribution < 1.29 is 8.42 Å².